The zero-order valence-electron chi connectivity index (χ0n) is 20.6. The Morgan fingerprint density at radius 3 is 1.18 bits per heavy atom. The first-order valence-corrected chi connectivity index (χ1v) is 12.3. The Morgan fingerprint density at radius 1 is 0.536 bits per heavy atom. The van der Waals surface area contributed by atoms with Gasteiger partial charge in [-0.1, -0.05) is 118 Å². The SMILES string of the molecule is CCCCCCCC(C)(C)c1cc(C)c(C(C)(C)CCCCCCC)cc1C. The van der Waals surface area contributed by atoms with Gasteiger partial charge in [-0.2, -0.15) is 0 Å². The van der Waals surface area contributed by atoms with Gasteiger partial charge in [0.15, 0.2) is 0 Å². The number of aryl methyl sites for hydroxylation is 2. The third-order valence-corrected chi connectivity index (χ3v) is 6.84. The molecule has 0 aliphatic heterocycles. The van der Waals surface area contributed by atoms with Crippen LogP contribution in [-0.4, -0.2) is 0 Å². The van der Waals surface area contributed by atoms with Gasteiger partial charge < -0.3 is 0 Å². The first-order valence-electron chi connectivity index (χ1n) is 12.3. The Bertz CT molecular complexity index is 510. The van der Waals surface area contributed by atoms with Gasteiger partial charge in [0.25, 0.3) is 0 Å². The van der Waals surface area contributed by atoms with E-state index < -0.39 is 0 Å². The summed E-state index contributed by atoms with van der Waals surface area (Å²) >= 11 is 0. The molecule has 0 aromatic heterocycles. The molecule has 0 heterocycles. The van der Waals surface area contributed by atoms with Crippen molar-refractivity contribution < 1.29 is 0 Å². The molecule has 1 aromatic rings. The van der Waals surface area contributed by atoms with E-state index in [1.807, 2.05) is 0 Å². The summed E-state index contributed by atoms with van der Waals surface area (Å²) in [6.45, 7) is 19.1. The summed E-state index contributed by atoms with van der Waals surface area (Å²) in [5.41, 5.74) is 6.70. The maximum absolute atomic E-state index is 2.52. The van der Waals surface area contributed by atoms with Crippen LogP contribution in [0, 0.1) is 13.8 Å². The van der Waals surface area contributed by atoms with Crippen molar-refractivity contribution in [2.75, 3.05) is 0 Å². The summed E-state index contributed by atoms with van der Waals surface area (Å²) in [6, 6.07) is 5.05. The lowest BCUT2D eigenvalue weighted by atomic mass is 9.72. The highest BCUT2D eigenvalue weighted by molar-refractivity contribution is 5.43. The lowest BCUT2D eigenvalue weighted by molar-refractivity contribution is 0.433. The molecule has 0 nitrogen and oxygen atoms in total. The number of rotatable bonds is 14. The van der Waals surface area contributed by atoms with Crippen molar-refractivity contribution in [1.29, 1.82) is 0 Å². The molecule has 0 N–H and O–H groups in total. The fraction of sp³-hybridized carbons (Fsp3) is 0.786. The number of hydrogen-bond acceptors (Lipinski definition) is 0. The molecule has 162 valence electrons. The highest BCUT2D eigenvalue weighted by Crippen LogP contribution is 2.38. The molecule has 0 radical (unpaired) electrons. The van der Waals surface area contributed by atoms with Gasteiger partial charge >= 0.3 is 0 Å². The van der Waals surface area contributed by atoms with E-state index in [4.69, 9.17) is 0 Å². The van der Waals surface area contributed by atoms with E-state index >= 15 is 0 Å². The van der Waals surface area contributed by atoms with Crippen LogP contribution in [0.15, 0.2) is 12.1 Å². The van der Waals surface area contributed by atoms with E-state index in [-0.39, 0.29) is 10.8 Å². The Labute approximate surface area is 177 Å². The molecule has 0 heteroatoms. The van der Waals surface area contributed by atoms with Crippen molar-refractivity contribution in [3.8, 4) is 0 Å². The topological polar surface area (TPSA) is 0 Å². The van der Waals surface area contributed by atoms with E-state index in [1.165, 1.54) is 88.2 Å². The average Bonchev–Trinajstić information content (AvgIpc) is 2.62. The van der Waals surface area contributed by atoms with Gasteiger partial charge in [0.2, 0.25) is 0 Å². The van der Waals surface area contributed by atoms with E-state index in [9.17, 15) is 0 Å². The second kappa shape index (κ2) is 12.0. The van der Waals surface area contributed by atoms with Crippen LogP contribution in [0.3, 0.4) is 0 Å². The van der Waals surface area contributed by atoms with Crippen molar-refractivity contribution in [1.82, 2.24) is 0 Å². The molecular formula is C28H50. The summed E-state index contributed by atoms with van der Waals surface area (Å²) < 4.78 is 0. The fourth-order valence-corrected chi connectivity index (χ4v) is 4.88. The molecule has 0 saturated heterocycles. The van der Waals surface area contributed by atoms with Crippen molar-refractivity contribution in [2.24, 2.45) is 0 Å². The van der Waals surface area contributed by atoms with Crippen LogP contribution < -0.4 is 0 Å². The molecule has 1 rings (SSSR count). The smallest absolute Gasteiger partial charge is 0.0101 e. The molecular weight excluding hydrogens is 336 g/mol. The van der Waals surface area contributed by atoms with Crippen molar-refractivity contribution in [3.63, 3.8) is 0 Å². The zero-order chi connectivity index (χ0) is 21.2. The molecule has 0 aliphatic rings. The standard InChI is InChI=1S/C28H50/c1-9-11-13-15-17-19-27(5,6)25-21-24(4)26(22-23(25)3)28(7,8)20-18-16-14-12-10-2/h21-22H,9-20H2,1-8H3. The third-order valence-electron chi connectivity index (χ3n) is 6.84. The van der Waals surface area contributed by atoms with Crippen LogP contribution in [0.5, 0.6) is 0 Å². The monoisotopic (exact) mass is 386 g/mol. The molecule has 1 aromatic carbocycles. The second-order valence-corrected chi connectivity index (χ2v) is 10.6. The number of benzene rings is 1. The summed E-state index contributed by atoms with van der Waals surface area (Å²) in [7, 11) is 0. The fourth-order valence-electron chi connectivity index (χ4n) is 4.88. The number of unbranched alkanes of at least 4 members (excludes halogenated alkanes) is 8. The molecule has 28 heavy (non-hydrogen) atoms. The zero-order valence-corrected chi connectivity index (χ0v) is 20.6. The largest absolute Gasteiger partial charge is 0.0654 e. The summed E-state index contributed by atoms with van der Waals surface area (Å²) in [4.78, 5) is 0. The van der Waals surface area contributed by atoms with Gasteiger partial charge in [0.05, 0.1) is 0 Å². The molecule has 0 aliphatic carbocycles. The van der Waals surface area contributed by atoms with E-state index in [0.29, 0.717) is 0 Å². The van der Waals surface area contributed by atoms with E-state index in [2.05, 4.69) is 67.5 Å². The molecule has 0 fully saturated rings. The minimum atomic E-state index is 0.282. The van der Waals surface area contributed by atoms with Crippen LogP contribution in [0.2, 0.25) is 0 Å². The van der Waals surface area contributed by atoms with Gasteiger partial charge in [-0.25, -0.2) is 0 Å². The molecule has 0 bridgehead atoms. The summed E-state index contributed by atoms with van der Waals surface area (Å²) in [5, 5.41) is 0. The number of hydrogen-bond donors (Lipinski definition) is 0. The summed E-state index contributed by atoms with van der Waals surface area (Å²) in [5.74, 6) is 0. The van der Waals surface area contributed by atoms with Crippen LogP contribution in [0.1, 0.15) is 141 Å². The van der Waals surface area contributed by atoms with Crippen molar-refractivity contribution >= 4 is 0 Å². The molecule has 0 saturated carbocycles. The average molecular weight is 387 g/mol. The quantitative estimate of drug-likeness (QED) is 0.279. The van der Waals surface area contributed by atoms with Crippen LogP contribution in [-0.2, 0) is 10.8 Å². The van der Waals surface area contributed by atoms with Crippen LogP contribution in [0.4, 0.5) is 0 Å². The molecule has 0 atom stereocenters. The van der Waals surface area contributed by atoms with Gasteiger partial charge in [0.1, 0.15) is 0 Å². The van der Waals surface area contributed by atoms with Gasteiger partial charge in [-0.15, -0.1) is 0 Å². The normalized spacial score (nSPS) is 12.6. The maximum Gasteiger partial charge on any atom is -0.0101 e. The van der Waals surface area contributed by atoms with Crippen molar-refractivity contribution in [3.05, 3.63) is 34.4 Å². The van der Waals surface area contributed by atoms with Crippen LogP contribution in [0.25, 0.3) is 0 Å². The minimum absolute atomic E-state index is 0.282. The lowest BCUT2D eigenvalue weighted by Gasteiger charge is -2.32. The second-order valence-electron chi connectivity index (χ2n) is 10.6. The Kier molecular flexibility index (Phi) is 10.9. The summed E-state index contributed by atoms with van der Waals surface area (Å²) in [6.07, 6.45) is 16.3. The first-order chi connectivity index (χ1) is 13.2. The highest BCUT2D eigenvalue weighted by Gasteiger charge is 2.27. The van der Waals surface area contributed by atoms with Crippen LogP contribution >= 0.6 is 0 Å². The highest BCUT2D eigenvalue weighted by atomic mass is 14.3. The Hall–Kier alpha value is -0.780. The maximum atomic E-state index is 2.52. The first kappa shape index (κ1) is 25.3. The predicted molar refractivity (Wildman–Crippen MR) is 129 cm³/mol. The molecule has 0 amide bonds. The molecule has 0 unspecified atom stereocenters. The van der Waals surface area contributed by atoms with Gasteiger partial charge in [-0.05, 0) is 59.8 Å². The molecule has 0 spiro atoms. The lowest BCUT2D eigenvalue weighted by Crippen LogP contribution is -2.23. The predicted octanol–water partition coefficient (Wildman–Crippen LogP) is 9.58. The third kappa shape index (κ3) is 7.92. The van der Waals surface area contributed by atoms with Gasteiger partial charge in [0, 0.05) is 0 Å². The van der Waals surface area contributed by atoms with E-state index in [1.54, 1.807) is 11.1 Å². The van der Waals surface area contributed by atoms with E-state index in [0.717, 1.165) is 0 Å². The minimum Gasteiger partial charge on any atom is -0.0654 e. The van der Waals surface area contributed by atoms with Gasteiger partial charge in [-0.3, -0.25) is 0 Å². The Balaban J connectivity index is 2.81. The van der Waals surface area contributed by atoms with Crippen molar-refractivity contribution in [2.45, 2.75) is 143 Å². The Morgan fingerprint density at radius 2 is 0.857 bits per heavy atom.